The van der Waals surface area contributed by atoms with E-state index in [0.29, 0.717) is 13.2 Å². The summed E-state index contributed by atoms with van der Waals surface area (Å²) in [5, 5.41) is 0. The molecule has 1 amide bonds. The standard InChI is InChI=1S/C13H17NO2/c1-9-4-5-12(8-10(9)2)13(15)14-6-7-16-11(14)3/h4-5,8,11H,6-7H2,1-3H3. The first-order chi connectivity index (χ1) is 7.59. The number of hydrogen-bond acceptors (Lipinski definition) is 2. The molecule has 1 heterocycles. The Morgan fingerprint density at radius 2 is 2.12 bits per heavy atom. The number of nitrogens with zero attached hydrogens (tertiary/aromatic N) is 1. The van der Waals surface area contributed by atoms with Crippen LogP contribution in [0.5, 0.6) is 0 Å². The minimum absolute atomic E-state index is 0.0631. The first kappa shape index (κ1) is 11.1. The number of rotatable bonds is 1. The molecule has 1 aromatic carbocycles. The van der Waals surface area contributed by atoms with Crippen LogP contribution in [0.4, 0.5) is 0 Å². The van der Waals surface area contributed by atoms with Crippen molar-refractivity contribution in [3.63, 3.8) is 0 Å². The van der Waals surface area contributed by atoms with Crippen molar-refractivity contribution in [2.24, 2.45) is 0 Å². The SMILES string of the molecule is Cc1ccc(C(=O)N2CCOC2C)cc1C. The Bertz CT molecular complexity index is 414. The van der Waals surface area contributed by atoms with Crippen LogP contribution >= 0.6 is 0 Å². The summed E-state index contributed by atoms with van der Waals surface area (Å²) in [4.78, 5) is 13.9. The fourth-order valence-electron chi connectivity index (χ4n) is 1.90. The van der Waals surface area contributed by atoms with Gasteiger partial charge in [0.1, 0.15) is 6.23 Å². The Morgan fingerprint density at radius 3 is 2.69 bits per heavy atom. The van der Waals surface area contributed by atoms with Gasteiger partial charge in [0.2, 0.25) is 0 Å². The maximum absolute atomic E-state index is 12.2. The molecule has 1 aliphatic rings. The molecule has 1 atom stereocenters. The molecule has 0 spiro atoms. The predicted octanol–water partition coefficient (Wildman–Crippen LogP) is 2.12. The highest BCUT2D eigenvalue weighted by atomic mass is 16.5. The minimum atomic E-state index is -0.103. The minimum Gasteiger partial charge on any atom is -0.357 e. The average Bonchev–Trinajstić information content (AvgIpc) is 2.67. The molecule has 0 N–H and O–H groups in total. The zero-order chi connectivity index (χ0) is 11.7. The number of carbonyl (C=O) groups is 1. The fraction of sp³-hybridized carbons (Fsp3) is 0.462. The highest BCUT2D eigenvalue weighted by Crippen LogP contribution is 2.16. The third-order valence-electron chi connectivity index (χ3n) is 3.14. The maximum Gasteiger partial charge on any atom is 0.255 e. The van der Waals surface area contributed by atoms with Crippen LogP contribution in [0.3, 0.4) is 0 Å². The number of benzene rings is 1. The van der Waals surface area contributed by atoms with E-state index >= 15 is 0 Å². The molecular formula is C13H17NO2. The molecule has 1 aliphatic heterocycles. The van der Waals surface area contributed by atoms with Gasteiger partial charge in [0.05, 0.1) is 6.61 Å². The van der Waals surface area contributed by atoms with Crippen LogP contribution in [-0.2, 0) is 4.74 Å². The van der Waals surface area contributed by atoms with Gasteiger partial charge in [-0.25, -0.2) is 0 Å². The second-order valence-electron chi connectivity index (χ2n) is 4.27. The van der Waals surface area contributed by atoms with Gasteiger partial charge in [0.25, 0.3) is 5.91 Å². The molecule has 16 heavy (non-hydrogen) atoms. The van der Waals surface area contributed by atoms with Crippen molar-refractivity contribution < 1.29 is 9.53 Å². The van der Waals surface area contributed by atoms with Gasteiger partial charge in [0, 0.05) is 12.1 Å². The Hall–Kier alpha value is -1.35. The van der Waals surface area contributed by atoms with Gasteiger partial charge in [-0.2, -0.15) is 0 Å². The van der Waals surface area contributed by atoms with Gasteiger partial charge in [0.15, 0.2) is 0 Å². The van der Waals surface area contributed by atoms with Crippen molar-refractivity contribution in [2.75, 3.05) is 13.2 Å². The normalized spacial score (nSPS) is 20.2. The molecule has 1 aromatic rings. The summed E-state index contributed by atoms with van der Waals surface area (Å²) >= 11 is 0. The van der Waals surface area contributed by atoms with E-state index in [-0.39, 0.29) is 12.1 Å². The lowest BCUT2D eigenvalue weighted by molar-refractivity contribution is 0.0378. The lowest BCUT2D eigenvalue weighted by Gasteiger charge is -2.20. The molecule has 86 valence electrons. The van der Waals surface area contributed by atoms with Crippen molar-refractivity contribution in [1.29, 1.82) is 0 Å². The van der Waals surface area contributed by atoms with Crippen LogP contribution in [0.1, 0.15) is 28.4 Å². The summed E-state index contributed by atoms with van der Waals surface area (Å²) in [6.45, 7) is 7.30. The molecule has 3 heteroatoms. The number of carbonyl (C=O) groups excluding carboxylic acids is 1. The van der Waals surface area contributed by atoms with Gasteiger partial charge in [-0.15, -0.1) is 0 Å². The van der Waals surface area contributed by atoms with E-state index in [1.165, 1.54) is 5.56 Å². The summed E-state index contributed by atoms with van der Waals surface area (Å²) in [5.74, 6) is 0.0631. The Kier molecular flexibility index (Phi) is 2.97. The largest absolute Gasteiger partial charge is 0.357 e. The van der Waals surface area contributed by atoms with Gasteiger partial charge in [-0.1, -0.05) is 6.07 Å². The second kappa shape index (κ2) is 4.26. The first-order valence-corrected chi connectivity index (χ1v) is 5.59. The van der Waals surface area contributed by atoms with Crippen LogP contribution in [0.15, 0.2) is 18.2 Å². The Morgan fingerprint density at radius 1 is 1.38 bits per heavy atom. The summed E-state index contributed by atoms with van der Waals surface area (Å²) < 4.78 is 5.37. The third kappa shape index (κ3) is 1.95. The lowest BCUT2D eigenvalue weighted by Crippen LogP contribution is -2.34. The fourth-order valence-corrected chi connectivity index (χ4v) is 1.90. The molecule has 0 aliphatic carbocycles. The Labute approximate surface area is 96.0 Å². The van der Waals surface area contributed by atoms with Gasteiger partial charge < -0.3 is 9.64 Å². The second-order valence-corrected chi connectivity index (χ2v) is 4.27. The topological polar surface area (TPSA) is 29.5 Å². The van der Waals surface area contributed by atoms with E-state index in [1.54, 1.807) is 4.90 Å². The maximum atomic E-state index is 12.2. The van der Waals surface area contributed by atoms with Crippen molar-refractivity contribution >= 4 is 5.91 Å². The van der Waals surface area contributed by atoms with Crippen molar-refractivity contribution in [2.45, 2.75) is 27.0 Å². The third-order valence-corrected chi connectivity index (χ3v) is 3.14. The van der Waals surface area contributed by atoms with Gasteiger partial charge in [-0.05, 0) is 44.0 Å². The molecule has 1 saturated heterocycles. The number of ether oxygens (including phenoxy) is 1. The zero-order valence-electron chi connectivity index (χ0n) is 9.99. The monoisotopic (exact) mass is 219 g/mol. The van der Waals surface area contributed by atoms with E-state index in [2.05, 4.69) is 0 Å². The average molecular weight is 219 g/mol. The molecule has 1 unspecified atom stereocenters. The molecule has 1 fully saturated rings. The molecular weight excluding hydrogens is 202 g/mol. The first-order valence-electron chi connectivity index (χ1n) is 5.59. The Balaban J connectivity index is 2.23. The van der Waals surface area contributed by atoms with Crippen LogP contribution in [-0.4, -0.2) is 30.2 Å². The van der Waals surface area contributed by atoms with Crippen LogP contribution < -0.4 is 0 Å². The van der Waals surface area contributed by atoms with Crippen LogP contribution in [0.2, 0.25) is 0 Å². The van der Waals surface area contributed by atoms with Crippen LogP contribution in [0, 0.1) is 13.8 Å². The summed E-state index contributed by atoms with van der Waals surface area (Å²) in [7, 11) is 0. The van der Waals surface area contributed by atoms with E-state index in [1.807, 2.05) is 39.0 Å². The van der Waals surface area contributed by atoms with E-state index in [0.717, 1.165) is 11.1 Å². The van der Waals surface area contributed by atoms with E-state index in [4.69, 9.17) is 4.74 Å². The number of amides is 1. The summed E-state index contributed by atoms with van der Waals surface area (Å²) in [6, 6.07) is 5.82. The highest BCUT2D eigenvalue weighted by molar-refractivity contribution is 5.94. The molecule has 0 radical (unpaired) electrons. The quantitative estimate of drug-likeness (QED) is 0.724. The summed E-state index contributed by atoms with van der Waals surface area (Å²) in [5.41, 5.74) is 3.11. The number of aryl methyl sites for hydroxylation is 2. The van der Waals surface area contributed by atoms with Crippen molar-refractivity contribution in [3.05, 3.63) is 34.9 Å². The molecule has 2 rings (SSSR count). The predicted molar refractivity (Wildman–Crippen MR) is 62.4 cm³/mol. The highest BCUT2D eigenvalue weighted by Gasteiger charge is 2.26. The van der Waals surface area contributed by atoms with Gasteiger partial charge in [-0.3, -0.25) is 4.79 Å². The lowest BCUT2D eigenvalue weighted by atomic mass is 10.1. The van der Waals surface area contributed by atoms with Crippen LogP contribution in [0.25, 0.3) is 0 Å². The molecule has 0 bridgehead atoms. The smallest absolute Gasteiger partial charge is 0.255 e. The molecule has 0 saturated carbocycles. The van der Waals surface area contributed by atoms with E-state index in [9.17, 15) is 4.79 Å². The van der Waals surface area contributed by atoms with E-state index < -0.39 is 0 Å². The van der Waals surface area contributed by atoms with Crippen molar-refractivity contribution in [3.8, 4) is 0 Å². The molecule has 0 aromatic heterocycles. The summed E-state index contributed by atoms with van der Waals surface area (Å²) in [6.07, 6.45) is -0.103. The zero-order valence-corrected chi connectivity index (χ0v) is 9.99. The van der Waals surface area contributed by atoms with Gasteiger partial charge >= 0.3 is 0 Å². The molecule has 3 nitrogen and oxygen atoms in total. The van der Waals surface area contributed by atoms with Crippen molar-refractivity contribution in [1.82, 2.24) is 4.90 Å². The number of hydrogen-bond donors (Lipinski definition) is 0.